The molecule has 2 aromatic rings. The second-order valence-electron chi connectivity index (χ2n) is 5.11. The first kappa shape index (κ1) is 14.1. The van der Waals surface area contributed by atoms with Crippen molar-refractivity contribution in [3.8, 4) is 0 Å². The van der Waals surface area contributed by atoms with E-state index in [1.165, 1.54) is 11.1 Å². The van der Waals surface area contributed by atoms with Crippen LogP contribution < -0.4 is 0 Å². The summed E-state index contributed by atoms with van der Waals surface area (Å²) >= 11 is 6.53. The van der Waals surface area contributed by atoms with E-state index in [9.17, 15) is 4.39 Å². The van der Waals surface area contributed by atoms with E-state index >= 15 is 0 Å². The molecule has 2 heteroatoms. The summed E-state index contributed by atoms with van der Waals surface area (Å²) in [6, 6.07) is 11.4. The van der Waals surface area contributed by atoms with Gasteiger partial charge in [0.2, 0.25) is 0 Å². The molecule has 100 valence electrons. The molecule has 1 unspecified atom stereocenters. The van der Waals surface area contributed by atoms with E-state index in [2.05, 4.69) is 25.1 Å². The molecule has 0 saturated heterocycles. The lowest BCUT2D eigenvalue weighted by Crippen LogP contribution is -2.02. The third-order valence-corrected chi connectivity index (χ3v) is 3.74. The van der Waals surface area contributed by atoms with E-state index in [1.807, 2.05) is 19.9 Å². The number of aryl methyl sites for hydroxylation is 3. The van der Waals surface area contributed by atoms with Gasteiger partial charge < -0.3 is 0 Å². The maximum Gasteiger partial charge on any atom is 0.123 e. The van der Waals surface area contributed by atoms with Crippen LogP contribution in [0.4, 0.5) is 4.39 Å². The Morgan fingerprint density at radius 3 is 2.26 bits per heavy atom. The second kappa shape index (κ2) is 5.75. The molecule has 0 amide bonds. The molecule has 0 saturated carbocycles. The Morgan fingerprint density at radius 1 is 1.05 bits per heavy atom. The van der Waals surface area contributed by atoms with Crippen LogP contribution in [0.5, 0.6) is 0 Å². The van der Waals surface area contributed by atoms with Crippen LogP contribution >= 0.6 is 11.6 Å². The van der Waals surface area contributed by atoms with E-state index in [-0.39, 0.29) is 11.2 Å². The smallest absolute Gasteiger partial charge is 0.123 e. The summed E-state index contributed by atoms with van der Waals surface area (Å²) in [6.07, 6.45) is 0.760. The Balaban J connectivity index is 2.28. The van der Waals surface area contributed by atoms with Gasteiger partial charge in [-0.1, -0.05) is 29.8 Å². The maximum atomic E-state index is 13.3. The molecule has 0 fully saturated rings. The Bertz CT molecular complexity index is 567. The summed E-state index contributed by atoms with van der Waals surface area (Å²) < 4.78 is 13.3. The normalized spacial score (nSPS) is 12.5. The second-order valence-corrected chi connectivity index (χ2v) is 5.64. The van der Waals surface area contributed by atoms with Crippen molar-refractivity contribution in [3.63, 3.8) is 0 Å². The number of benzene rings is 2. The van der Waals surface area contributed by atoms with Crippen LogP contribution in [0.1, 0.15) is 33.2 Å². The molecule has 19 heavy (non-hydrogen) atoms. The SMILES string of the molecule is Cc1cccc(CC(Cl)c2c(C)cc(F)cc2C)c1. The molecule has 0 N–H and O–H groups in total. The average Bonchev–Trinajstić information content (AvgIpc) is 2.27. The summed E-state index contributed by atoms with van der Waals surface area (Å²) in [6.45, 7) is 5.90. The Labute approximate surface area is 119 Å². The van der Waals surface area contributed by atoms with Crippen LogP contribution in [0.3, 0.4) is 0 Å². The molecule has 0 aliphatic carbocycles. The summed E-state index contributed by atoms with van der Waals surface area (Å²) in [4.78, 5) is 0. The predicted octanol–water partition coefficient (Wildman–Crippen LogP) is 5.27. The topological polar surface area (TPSA) is 0 Å². The zero-order valence-corrected chi connectivity index (χ0v) is 12.3. The molecule has 2 aromatic carbocycles. The molecule has 0 bridgehead atoms. The lowest BCUT2D eigenvalue weighted by atomic mass is 9.95. The number of hydrogen-bond acceptors (Lipinski definition) is 0. The minimum atomic E-state index is -0.196. The van der Waals surface area contributed by atoms with Crippen molar-refractivity contribution in [3.05, 3.63) is 70.0 Å². The Kier molecular flexibility index (Phi) is 4.26. The van der Waals surface area contributed by atoms with Crippen molar-refractivity contribution in [2.24, 2.45) is 0 Å². The minimum Gasteiger partial charge on any atom is -0.207 e. The number of hydrogen-bond donors (Lipinski definition) is 0. The third-order valence-electron chi connectivity index (χ3n) is 3.37. The van der Waals surface area contributed by atoms with Gasteiger partial charge in [0.1, 0.15) is 5.82 Å². The average molecular weight is 277 g/mol. The van der Waals surface area contributed by atoms with Crippen molar-refractivity contribution in [2.75, 3.05) is 0 Å². The molecule has 0 spiro atoms. The van der Waals surface area contributed by atoms with Crippen LogP contribution in [0.25, 0.3) is 0 Å². The minimum absolute atomic E-state index is 0.123. The van der Waals surface area contributed by atoms with Gasteiger partial charge in [-0.25, -0.2) is 4.39 Å². The quantitative estimate of drug-likeness (QED) is 0.670. The van der Waals surface area contributed by atoms with E-state index in [0.717, 1.165) is 23.1 Å². The molecule has 0 aromatic heterocycles. The lowest BCUT2D eigenvalue weighted by Gasteiger charge is -2.16. The zero-order chi connectivity index (χ0) is 14.0. The summed E-state index contributed by atoms with van der Waals surface area (Å²) in [5.74, 6) is -0.196. The van der Waals surface area contributed by atoms with Gasteiger partial charge >= 0.3 is 0 Å². The van der Waals surface area contributed by atoms with E-state index < -0.39 is 0 Å². The van der Waals surface area contributed by atoms with Gasteiger partial charge in [0, 0.05) is 0 Å². The van der Waals surface area contributed by atoms with E-state index in [1.54, 1.807) is 12.1 Å². The first-order valence-corrected chi connectivity index (χ1v) is 6.87. The summed E-state index contributed by atoms with van der Waals surface area (Å²) in [7, 11) is 0. The van der Waals surface area contributed by atoms with Gasteiger partial charge in [0.15, 0.2) is 0 Å². The molecule has 0 heterocycles. The van der Waals surface area contributed by atoms with E-state index in [4.69, 9.17) is 11.6 Å². The van der Waals surface area contributed by atoms with Gasteiger partial charge in [-0.05, 0) is 61.6 Å². The highest BCUT2D eigenvalue weighted by molar-refractivity contribution is 6.21. The first-order chi connectivity index (χ1) is 8.97. The van der Waals surface area contributed by atoms with Crippen molar-refractivity contribution < 1.29 is 4.39 Å². The Hall–Kier alpha value is -1.34. The molecule has 0 aliphatic rings. The van der Waals surface area contributed by atoms with Gasteiger partial charge in [0.05, 0.1) is 5.38 Å². The number of halogens is 2. The fourth-order valence-corrected chi connectivity index (χ4v) is 3.09. The Morgan fingerprint density at radius 2 is 1.68 bits per heavy atom. The molecule has 0 aliphatic heterocycles. The summed E-state index contributed by atoms with van der Waals surface area (Å²) in [5.41, 5.74) is 5.33. The van der Waals surface area contributed by atoms with Crippen molar-refractivity contribution in [1.82, 2.24) is 0 Å². The monoisotopic (exact) mass is 276 g/mol. The lowest BCUT2D eigenvalue weighted by molar-refractivity contribution is 0.623. The molecular formula is C17H18ClF. The number of alkyl halides is 1. The molecular weight excluding hydrogens is 259 g/mol. The third kappa shape index (κ3) is 3.36. The van der Waals surface area contributed by atoms with Crippen LogP contribution in [0.15, 0.2) is 36.4 Å². The van der Waals surface area contributed by atoms with Crippen LogP contribution in [-0.4, -0.2) is 0 Å². The van der Waals surface area contributed by atoms with Crippen LogP contribution in [-0.2, 0) is 6.42 Å². The van der Waals surface area contributed by atoms with E-state index in [0.29, 0.717) is 0 Å². The van der Waals surface area contributed by atoms with Crippen LogP contribution in [0, 0.1) is 26.6 Å². The zero-order valence-electron chi connectivity index (χ0n) is 11.5. The van der Waals surface area contributed by atoms with Crippen molar-refractivity contribution >= 4 is 11.6 Å². The molecule has 0 radical (unpaired) electrons. The highest BCUT2D eigenvalue weighted by Gasteiger charge is 2.15. The molecule has 2 rings (SSSR count). The first-order valence-electron chi connectivity index (χ1n) is 6.43. The highest BCUT2D eigenvalue weighted by atomic mass is 35.5. The molecule has 0 nitrogen and oxygen atoms in total. The van der Waals surface area contributed by atoms with Crippen molar-refractivity contribution in [2.45, 2.75) is 32.6 Å². The van der Waals surface area contributed by atoms with Crippen molar-refractivity contribution in [1.29, 1.82) is 0 Å². The van der Waals surface area contributed by atoms with Gasteiger partial charge in [-0.15, -0.1) is 11.6 Å². The largest absolute Gasteiger partial charge is 0.207 e. The van der Waals surface area contributed by atoms with Gasteiger partial charge in [-0.2, -0.15) is 0 Å². The van der Waals surface area contributed by atoms with Gasteiger partial charge in [-0.3, -0.25) is 0 Å². The fraction of sp³-hybridized carbons (Fsp3) is 0.294. The number of rotatable bonds is 3. The standard InChI is InChI=1S/C17H18ClF/c1-11-5-4-6-14(7-11)10-16(18)17-12(2)8-15(19)9-13(17)3/h4-9,16H,10H2,1-3H3. The maximum absolute atomic E-state index is 13.3. The fourth-order valence-electron chi connectivity index (χ4n) is 2.56. The predicted molar refractivity (Wildman–Crippen MR) is 79.4 cm³/mol. The highest BCUT2D eigenvalue weighted by Crippen LogP contribution is 2.31. The van der Waals surface area contributed by atoms with Gasteiger partial charge in [0.25, 0.3) is 0 Å². The summed E-state index contributed by atoms with van der Waals surface area (Å²) in [5, 5.41) is -0.123. The molecule has 1 atom stereocenters. The van der Waals surface area contributed by atoms with Crippen LogP contribution in [0.2, 0.25) is 0 Å².